The van der Waals surface area contributed by atoms with Gasteiger partial charge in [0.2, 0.25) is 0 Å². The van der Waals surface area contributed by atoms with Crippen molar-refractivity contribution in [3.8, 4) is 0 Å². The first-order valence-electron chi connectivity index (χ1n) is 3.66. The third-order valence-electron chi connectivity index (χ3n) is 1.67. The van der Waals surface area contributed by atoms with Gasteiger partial charge in [-0.05, 0) is 12.3 Å². The van der Waals surface area contributed by atoms with Crippen LogP contribution in [0, 0.1) is 5.92 Å². The minimum atomic E-state index is 0.615. The van der Waals surface area contributed by atoms with Crippen molar-refractivity contribution >= 4 is 6.29 Å². The molecule has 0 aromatic heterocycles. The lowest BCUT2D eigenvalue weighted by molar-refractivity contribution is 0.491. The largest absolute Gasteiger partial charge is 0.291 e. The lowest BCUT2D eigenvalue weighted by atomic mass is 10.0. The number of hydrogen-bond donors (Lipinski definition) is 0. The van der Waals surface area contributed by atoms with E-state index >= 15 is 0 Å². The first-order chi connectivity index (χ1) is 4.31. The van der Waals surface area contributed by atoms with Crippen LogP contribution in [0.4, 0.5) is 0 Å². The quantitative estimate of drug-likeness (QED) is 0.518. The number of hydrogen-bond acceptors (Lipinski definition) is 1. The van der Waals surface area contributed by atoms with Crippen LogP contribution >= 0.6 is 0 Å². The third kappa shape index (κ3) is 5.54. The zero-order chi connectivity index (χ0) is 7.11. The van der Waals surface area contributed by atoms with Crippen LogP contribution in [0.5, 0.6) is 0 Å². The van der Waals surface area contributed by atoms with Crippen LogP contribution in [0.25, 0.3) is 0 Å². The van der Waals surface area contributed by atoms with E-state index in [9.17, 15) is 4.79 Å². The van der Waals surface area contributed by atoms with Crippen molar-refractivity contribution in [3.63, 3.8) is 0 Å². The standard InChI is InChI=1S/C8H15O/c1-3-8(2)6-4-5-7-9/h8H,3-6H2,1-2H3/t8-/m0/s1. The Morgan fingerprint density at radius 2 is 2.22 bits per heavy atom. The number of rotatable bonds is 5. The second-order valence-corrected chi connectivity index (χ2v) is 2.55. The maximum absolute atomic E-state index is 9.75. The zero-order valence-corrected chi connectivity index (χ0v) is 6.31. The Morgan fingerprint density at radius 1 is 1.56 bits per heavy atom. The van der Waals surface area contributed by atoms with E-state index in [1.54, 1.807) is 0 Å². The number of carbonyl (C=O) groups excluding carboxylic acids is 1. The van der Waals surface area contributed by atoms with Crippen LogP contribution in [0.1, 0.15) is 39.5 Å². The van der Waals surface area contributed by atoms with E-state index < -0.39 is 0 Å². The third-order valence-corrected chi connectivity index (χ3v) is 1.67. The van der Waals surface area contributed by atoms with E-state index in [4.69, 9.17) is 0 Å². The molecule has 0 bridgehead atoms. The Kier molecular flexibility index (Phi) is 5.59. The molecule has 0 aliphatic carbocycles. The van der Waals surface area contributed by atoms with Crippen LogP contribution in [-0.2, 0) is 4.79 Å². The predicted octanol–water partition coefficient (Wildman–Crippen LogP) is 2.31. The molecule has 1 atom stereocenters. The van der Waals surface area contributed by atoms with Crippen LogP contribution < -0.4 is 0 Å². The fraction of sp³-hybridized carbons (Fsp3) is 0.875. The molecule has 0 heterocycles. The molecular formula is C8H15O. The topological polar surface area (TPSA) is 17.1 Å². The van der Waals surface area contributed by atoms with Crippen LogP contribution in [0.2, 0.25) is 0 Å². The predicted molar refractivity (Wildman–Crippen MR) is 39.0 cm³/mol. The van der Waals surface area contributed by atoms with E-state index in [2.05, 4.69) is 13.8 Å². The molecule has 0 aromatic carbocycles. The molecule has 1 heteroatoms. The monoisotopic (exact) mass is 127 g/mol. The molecule has 0 fully saturated rings. The maximum atomic E-state index is 9.75. The van der Waals surface area contributed by atoms with Gasteiger partial charge in [0, 0.05) is 6.42 Å². The van der Waals surface area contributed by atoms with Crippen LogP contribution in [0.3, 0.4) is 0 Å². The SMILES string of the molecule is CC[C@H](C)CCC[C]=O. The molecule has 9 heavy (non-hydrogen) atoms. The Hall–Kier alpha value is -0.330. The summed E-state index contributed by atoms with van der Waals surface area (Å²) in [5.74, 6) is 0.776. The maximum Gasteiger partial charge on any atom is 0.198 e. The molecule has 1 nitrogen and oxygen atoms in total. The molecule has 0 aliphatic heterocycles. The highest BCUT2D eigenvalue weighted by Gasteiger charge is 1.96. The number of unbranched alkanes of at least 4 members (excludes halogenated alkanes) is 1. The molecule has 53 valence electrons. The highest BCUT2D eigenvalue weighted by Crippen LogP contribution is 2.09. The van der Waals surface area contributed by atoms with Gasteiger partial charge in [-0.15, -0.1) is 0 Å². The minimum absolute atomic E-state index is 0.615. The summed E-state index contributed by atoms with van der Waals surface area (Å²) in [5, 5.41) is 0. The van der Waals surface area contributed by atoms with Crippen molar-refractivity contribution in [2.24, 2.45) is 5.92 Å². The Morgan fingerprint density at radius 3 is 2.67 bits per heavy atom. The fourth-order valence-corrected chi connectivity index (χ4v) is 0.727. The average Bonchev–Trinajstić information content (AvgIpc) is 1.89. The Bertz CT molecular complexity index is 69.0. The zero-order valence-electron chi connectivity index (χ0n) is 6.31. The summed E-state index contributed by atoms with van der Waals surface area (Å²) in [6, 6.07) is 0. The van der Waals surface area contributed by atoms with E-state index in [-0.39, 0.29) is 0 Å². The van der Waals surface area contributed by atoms with Crippen LogP contribution in [0.15, 0.2) is 0 Å². The molecule has 0 N–H and O–H groups in total. The van der Waals surface area contributed by atoms with Gasteiger partial charge < -0.3 is 0 Å². The van der Waals surface area contributed by atoms with Gasteiger partial charge in [-0.2, -0.15) is 0 Å². The van der Waals surface area contributed by atoms with Crippen molar-refractivity contribution in [2.75, 3.05) is 0 Å². The molecule has 0 spiro atoms. The van der Waals surface area contributed by atoms with E-state index in [0.29, 0.717) is 6.42 Å². The highest BCUT2D eigenvalue weighted by molar-refractivity contribution is 5.50. The van der Waals surface area contributed by atoms with Crippen molar-refractivity contribution in [1.82, 2.24) is 0 Å². The first-order valence-corrected chi connectivity index (χ1v) is 3.66. The summed E-state index contributed by atoms with van der Waals surface area (Å²) in [5.41, 5.74) is 0. The van der Waals surface area contributed by atoms with Crippen molar-refractivity contribution in [2.45, 2.75) is 39.5 Å². The summed E-state index contributed by atoms with van der Waals surface area (Å²) in [6.45, 7) is 4.39. The van der Waals surface area contributed by atoms with Crippen molar-refractivity contribution < 1.29 is 4.79 Å². The summed E-state index contributed by atoms with van der Waals surface area (Å²) in [6.07, 6.45) is 5.92. The molecule has 0 rings (SSSR count). The first kappa shape index (κ1) is 8.67. The molecule has 0 aliphatic rings. The molecule has 0 saturated heterocycles. The second-order valence-electron chi connectivity index (χ2n) is 2.55. The summed E-state index contributed by atoms with van der Waals surface area (Å²) >= 11 is 0. The van der Waals surface area contributed by atoms with Gasteiger partial charge in [-0.25, -0.2) is 0 Å². The van der Waals surface area contributed by atoms with Gasteiger partial charge in [0.1, 0.15) is 0 Å². The molecule has 0 aromatic rings. The van der Waals surface area contributed by atoms with Gasteiger partial charge in [0.15, 0.2) is 6.29 Å². The van der Waals surface area contributed by atoms with E-state index in [1.165, 1.54) is 12.8 Å². The van der Waals surface area contributed by atoms with Gasteiger partial charge in [0.05, 0.1) is 0 Å². The van der Waals surface area contributed by atoms with Crippen molar-refractivity contribution in [3.05, 3.63) is 0 Å². The smallest absolute Gasteiger partial charge is 0.198 e. The van der Waals surface area contributed by atoms with Gasteiger partial charge in [-0.1, -0.05) is 26.7 Å². The second kappa shape index (κ2) is 5.80. The molecule has 0 unspecified atom stereocenters. The van der Waals surface area contributed by atoms with Gasteiger partial charge >= 0.3 is 0 Å². The van der Waals surface area contributed by atoms with Crippen molar-refractivity contribution in [1.29, 1.82) is 0 Å². The normalized spacial score (nSPS) is 13.1. The molecule has 1 radical (unpaired) electrons. The lowest BCUT2D eigenvalue weighted by Gasteiger charge is -2.04. The van der Waals surface area contributed by atoms with E-state index in [0.717, 1.165) is 12.3 Å². The molecule has 0 saturated carbocycles. The van der Waals surface area contributed by atoms with Crippen LogP contribution in [-0.4, -0.2) is 6.29 Å². The Labute approximate surface area is 57.5 Å². The summed E-state index contributed by atoms with van der Waals surface area (Å²) in [7, 11) is 0. The minimum Gasteiger partial charge on any atom is -0.291 e. The lowest BCUT2D eigenvalue weighted by Crippen LogP contribution is -1.91. The van der Waals surface area contributed by atoms with Gasteiger partial charge in [-0.3, -0.25) is 4.79 Å². The van der Waals surface area contributed by atoms with E-state index in [1.807, 2.05) is 6.29 Å². The Balaban J connectivity index is 2.96. The molecule has 0 amide bonds. The summed E-state index contributed by atoms with van der Waals surface area (Å²) < 4.78 is 0. The van der Waals surface area contributed by atoms with Gasteiger partial charge in [0.25, 0.3) is 0 Å². The summed E-state index contributed by atoms with van der Waals surface area (Å²) in [4.78, 5) is 9.75. The fourth-order valence-electron chi connectivity index (χ4n) is 0.727. The highest BCUT2D eigenvalue weighted by atomic mass is 16.1. The average molecular weight is 127 g/mol. The molecular weight excluding hydrogens is 112 g/mol.